The summed E-state index contributed by atoms with van der Waals surface area (Å²) in [5.74, 6) is -2.31. The highest BCUT2D eigenvalue weighted by Crippen LogP contribution is 2.44. The van der Waals surface area contributed by atoms with Crippen LogP contribution in [0.15, 0.2) is 36.4 Å². The van der Waals surface area contributed by atoms with Gasteiger partial charge < -0.3 is 9.84 Å². The minimum atomic E-state index is -4.84. The van der Waals surface area contributed by atoms with Gasteiger partial charge in [-0.15, -0.1) is 0 Å². The number of hydrogen-bond acceptors (Lipinski definition) is 3. The van der Waals surface area contributed by atoms with Gasteiger partial charge in [0, 0.05) is 0 Å². The molecular weight excluding hydrogens is 297 g/mol. The summed E-state index contributed by atoms with van der Waals surface area (Å²) in [6, 6.07) is 11.6. The molecule has 0 aromatic heterocycles. The molecular formula is C16H12F3O3. The first kappa shape index (κ1) is 15.9. The van der Waals surface area contributed by atoms with Crippen LogP contribution in [0.5, 0.6) is 11.5 Å². The Morgan fingerprint density at radius 2 is 2.00 bits per heavy atom. The van der Waals surface area contributed by atoms with Gasteiger partial charge in [0.05, 0.1) is 5.56 Å². The number of alkyl halides is 3. The smallest absolute Gasteiger partial charge is 0.423 e. The maximum absolute atomic E-state index is 13.1. The van der Waals surface area contributed by atoms with E-state index in [0.29, 0.717) is 5.56 Å². The quantitative estimate of drug-likeness (QED) is 0.869. The van der Waals surface area contributed by atoms with Crippen molar-refractivity contribution in [2.45, 2.75) is 19.7 Å². The molecule has 0 aliphatic rings. The van der Waals surface area contributed by atoms with Crippen LogP contribution in [0.1, 0.15) is 28.4 Å². The van der Waals surface area contributed by atoms with Crippen molar-refractivity contribution in [1.82, 2.24) is 0 Å². The highest BCUT2D eigenvalue weighted by atomic mass is 19.4. The largest absolute Gasteiger partial charge is 0.506 e. The Labute approximate surface area is 125 Å². The monoisotopic (exact) mass is 309 g/mol. The number of hydrogen-bond donors (Lipinski definition) is 1. The molecule has 1 radical (unpaired) electrons. The lowest BCUT2D eigenvalue weighted by Gasteiger charge is -2.17. The van der Waals surface area contributed by atoms with Crippen LogP contribution < -0.4 is 4.74 Å². The van der Waals surface area contributed by atoms with Gasteiger partial charge in [-0.25, -0.2) is 0 Å². The molecule has 6 heteroatoms. The summed E-state index contributed by atoms with van der Waals surface area (Å²) in [7, 11) is 0. The van der Waals surface area contributed by atoms with Gasteiger partial charge in [0.25, 0.3) is 0 Å². The standard InChI is InChI=1S/C16H12F3O3/c1-10(20)12-7-8-13(14(15(12)21)16(17,18)19)22-9-11-5-3-2-4-6-11/h2-5,7-8,21H,9H2,1H3. The van der Waals surface area contributed by atoms with Crippen molar-refractivity contribution in [2.75, 3.05) is 0 Å². The maximum atomic E-state index is 13.1. The van der Waals surface area contributed by atoms with Crippen molar-refractivity contribution in [2.24, 2.45) is 0 Å². The van der Waals surface area contributed by atoms with Crippen LogP contribution in [0.2, 0.25) is 0 Å². The third-order valence-electron chi connectivity index (χ3n) is 2.96. The summed E-state index contributed by atoms with van der Waals surface area (Å²) in [4.78, 5) is 11.3. The lowest BCUT2D eigenvalue weighted by molar-refractivity contribution is -0.140. The number of phenolic OH excluding ortho intramolecular Hbond substituents is 1. The predicted molar refractivity (Wildman–Crippen MR) is 72.7 cm³/mol. The number of carbonyl (C=O) groups is 1. The molecule has 0 atom stereocenters. The van der Waals surface area contributed by atoms with Crippen molar-refractivity contribution in [1.29, 1.82) is 0 Å². The second kappa shape index (κ2) is 6.09. The van der Waals surface area contributed by atoms with Gasteiger partial charge in [0.15, 0.2) is 5.78 Å². The van der Waals surface area contributed by atoms with E-state index in [-0.39, 0.29) is 6.61 Å². The van der Waals surface area contributed by atoms with Crippen LogP contribution in [0, 0.1) is 6.07 Å². The third-order valence-corrected chi connectivity index (χ3v) is 2.96. The fraction of sp³-hybridized carbons (Fsp3) is 0.188. The zero-order valence-electron chi connectivity index (χ0n) is 11.6. The molecule has 0 spiro atoms. The van der Waals surface area contributed by atoms with Gasteiger partial charge in [0.2, 0.25) is 0 Å². The number of carbonyl (C=O) groups excluding carboxylic acids is 1. The van der Waals surface area contributed by atoms with Crippen LogP contribution in [0.3, 0.4) is 0 Å². The number of ketones is 1. The lowest BCUT2D eigenvalue weighted by atomic mass is 10.0. The zero-order chi connectivity index (χ0) is 16.3. The van der Waals surface area contributed by atoms with Crippen molar-refractivity contribution in [3.05, 3.63) is 59.2 Å². The average molecular weight is 309 g/mol. The molecule has 3 nitrogen and oxygen atoms in total. The zero-order valence-corrected chi connectivity index (χ0v) is 11.6. The first-order valence-electron chi connectivity index (χ1n) is 6.33. The summed E-state index contributed by atoms with van der Waals surface area (Å²) >= 11 is 0. The van der Waals surface area contributed by atoms with Crippen molar-refractivity contribution >= 4 is 5.78 Å². The van der Waals surface area contributed by atoms with Gasteiger partial charge >= 0.3 is 6.18 Å². The second-order valence-corrected chi connectivity index (χ2v) is 4.57. The third kappa shape index (κ3) is 3.39. The molecule has 0 bridgehead atoms. The van der Waals surface area contributed by atoms with E-state index in [1.54, 1.807) is 24.3 Å². The molecule has 0 amide bonds. The molecule has 0 saturated heterocycles. The van der Waals surface area contributed by atoms with E-state index in [1.807, 2.05) is 0 Å². The number of aromatic hydroxyl groups is 1. The highest BCUT2D eigenvalue weighted by Gasteiger charge is 2.39. The van der Waals surface area contributed by atoms with E-state index in [1.165, 1.54) is 0 Å². The minimum absolute atomic E-state index is 0.136. The van der Waals surface area contributed by atoms with Gasteiger partial charge in [-0.05, 0) is 30.7 Å². The Morgan fingerprint density at radius 1 is 1.27 bits per heavy atom. The number of benzene rings is 2. The predicted octanol–water partition coefficient (Wildman–Crippen LogP) is 3.99. The number of phenols is 1. The van der Waals surface area contributed by atoms with E-state index in [0.717, 1.165) is 19.1 Å². The van der Waals surface area contributed by atoms with E-state index in [4.69, 9.17) is 4.74 Å². The molecule has 0 unspecified atom stereocenters. The molecule has 1 N–H and O–H groups in total. The number of ether oxygens (including phenoxy) is 1. The van der Waals surface area contributed by atoms with Gasteiger partial charge in [0.1, 0.15) is 23.7 Å². The lowest BCUT2D eigenvalue weighted by Crippen LogP contribution is -2.11. The maximum Gasteiger partial charge on any atom is 0.423 e. The molecule has 0 saturated carbocycles. The molecule has 2 aromatic carbocycles. The van der Waals surface area contributed by atoms with Crippen LogP contribution in [0.4, 0.5) is 13.2 Å². The summed E-state index contributed by atoms with van der Waals surface area (Å²) in [5.41, 5.74) is -1.19. The molecule has 0 aliphatic carbocycles. The van der Waals surface area contributed by atoms with E-state index in [2.05, 4.69) is 6.07 Å². The summed E-state index contributed by atoms with van der Waals surface area (Å²) in [6.07, 6.45) is -4.84. The van der Waals surface area contributed by atoms with Crippen LogP contribution in [-0.2, 0) is 12.8 Å². The Hall–Kier alpha value is -2.50. The normalized spacial score (nSPS) is 11.3. The molecule has 2 aromatic rings. The molecule has 2 rings (SSSR count). The summed E-state index contributed by atoms with van der Waals surface area (Å²) in [5, 5.41) is 9.74. The fourth-order valence-corrected chi connectivity index (χ4v) is 1.93. The average Bonchev–Trinajstić information content (AvgIpc) is 2.44. The van der Waals surface area contributed by atoms with Gasteiger partial charge in [-0.3, -0.25) is 4.79 Å². The van der Waals surface area contributed by atoms with Crippen molar-refractivity contribution < 1.29 is 27.8 Å². The van der Waals surface area contributed by atoms with Crippen LogP contribution in [-0.4, -0.2) is 10.9 Å². The highest BCUT2D eigenvalue weighted by molar-refractivity contribution is 5.97. The van der Waals surface area contributed by atoms with Crippen LogP contribution >= 0.6 is 0 Å². The minimum Gasteiger partial charge on any atom is -0.506 e. The second-order valence-electron chi connectivity index (χ2n) is 4.57. The Balaban J connectivity index is 2.39. The first-order valence-corrected chi connectivity index (χ1v) is 6.33. The first-order chi connectivity index (χ1) is 10.3. The van der Waals surface area contributed by atoms with Gasteiger partial charge in [-0.1, -0.05) is 24.3 Å². The molecule has 0 heterocycles. The number of rotatable bonds is 4. The molecule has 0 fully saturated rings. The number of halogens is 3. The van der Waals surface area contributed by atoms with Gasteiger partial charge in [-0.2, -0.15) is 13.2 Å². The Kier molecular flexibility index (Phi) is 4.40. The number of Topliss-reactive ketones (excluding diaryl/α,β-unsaturated/α-hetero) is 1. The summed E-state index contributed by atoms with van der Waals surface area (Å²) < 4.78 is 44.5. The Bertz CT molecular complexity index is 679. The van der Waals surface area contributed by atoms with Crippen molar-refractivity contribution in [3.8, 4) is 11.5 Å². The fourth-order valence-electron chi connectivity index (χ4n) is 1.93. The topological polar surface area (TPSA) is 46.5 Å². The van der Waals surface area contributed by atoms with E-state index < -0.39 is 34.6 Å². The molecule has 0 aliphatic heterocycles. The molecule has 22 heavy (non-hydrogen) atoms. The molecule has 115 valence electrons. The summed E-state index contributed by atoms with van der Waals surface area (Å²) in [6.45, 7) is 0.942. The van der Waals surface area contributed by atoms with E-state index >= 15 is 0 Å². The Morgan fingerprint density at radius 3 is 2.55 bits per heavy atom. The van der Waals surface area contributed by atoms with E-state index in [9.17, 15) is 23.1 Å². The van der Waals surface area contributed by atoms with Crippen LogP contribution in [0.25, 0.3) is 0 Å². The SMILES string of the molecule is CC(=O)c1ccc(OCc2[c]cccc2)c(C(F)(F)F)c1O. The van der Waals surface area contributed by atoms with Crippen molar-refractivity contribution in [3.63, 3.8) is 0 Å².